The number of benzene rings is 2. The highest BCUT2D eigenvalue weighted by Crippen LogP contribution is 2.32. The molecule has 0 saturated carbocycles. The Balaban J connectivity index is 1.74. The highest BCUT2D eigenvalue weighted by molar-refractivity contribution is 5.91. The number of fused-ring (bicyclic) bond motifs is 1. The topological polar surface area (TPSA) is 83.4 Å². The third-order valence-electron chi connectivity index (χ3n) is 3.84. The molecule has 0 aliphatic carbocycles. The third-order valence-corrected chi connectivity index (χ3v) is 3.84. The van der Waals surface area contributed by atoms with Crippen LogP contribution in [0.25, 0.3) is 0 Å². The zero-order valence-electron chi connectivity index (χ0n) is 13.2. The number of ether oxygens (including phenoxy) is 2. The van der Waals surface area contributed by atoms with E-state index in [1.807, 2.05) is 30.3 Å². The van der Waals surface area contributed by atoms with E-state index in [1.165, 1.54) is 7.11 Å². The van der Waals surface area contributed by atoms with E-state index in [4.69, 9.17) is 14.7 Å². The lowest BCUT2D eigenvalue weighted by Gasteiger charge is -2.26. The first-order valence-electron chi connectivity index (χ1n) is 7.58. The van der Waals surface area contributed by atoms with Gasteiger partial charge in [-0.2, -0.15) is 5.26 Å². The molecule has 0 unspecified atom stereocenters. The zero-order valence-corrected chi connectivity index (χ0v) is 13.2. The summed E-state index contributed by atoms with van der Waals surface area (Å²) >= 11 is 0. The van der Waals surface area contributed by atoms with Gasteiger partial charge in [0.15, 0.2) is 0 Å². The Morgan fingerprint density at radius 1 is 1.33 bits per heavy atom. The fourth-order valence-corrected chi connectivity index (χ4v) is 2.68. The number of nitriles is 1. The van der Waals surface area contributed by atoms with E-state index >= 15 is 0 Å². The number of anilines is 1. The van der Waals surface area contributed by atoms with Crippen molar-refractivity contribution in [3.63, 3.8) is 0 Å². The lowest BCUT2D eigenvalue weighted by molar-refractivity contribution is 0.232. The number of para-hydroxylation sites is 1. The second-order valence-corrected chi connectivity index (χ2v) is 5.35. The summed E-state index contributed by atoms with van der Waals surface area (Å²) < 4.78 is 10.8. The molecular weight excluding hydrogens is 306 g/mol. The Hall–Kier alpha value is -3.20. The zero-order chi connectivity index (χ0) is 16.9. The molecule has 1 atom stereocenters. The van der Waals surface area contributed by atoms with E-state index in [2.05, 4.69) is 10.6 Å². The molecule has 0 spiro atoms. The average molecular weight is 323 g/mol. The number of urea groups is 1. The van der Waals surface area contributed by atoms with Crippen LogP contribution in [0.3, 0.4) is 0 Å². The molecule has 6 nitrogen and oxygen atoms in total. The molecule has 2 aromatic carbocycles. The van der Waals surface area contributed by atoms with Crippen molar-refractivity contribution < 1.29 is 14.3 Å². The summed E-state index contributed by atoms with van der Waals surface area (Å²) in [5.41, 5.74) is 1.86. The van der Waals surface area contributed by atoms with Crippen molar-refractivity contribution in [3.8, 4) is 17.6 Å². The molecule has 1 heterocycles. The van der Waals surface area contributed by atoms with Gasteiger partial charge in [-0.1, -0.05) is 18.2 Å². The molecule has 1 aliphatic rings. The quantitative estimate of drug-likeness (QED) is 0.908. The maximum Gasteiger partial charge on any atom is 0.319 e. The van der Waals surface area contributed by atoms with Crippen molar-refractivity contribution in [3.05, 3.63) is 53.6 Å². The SMILES string of the molecule is COc1ccc(C#N)cc1NC(=O)N[C@@H]1CCOc2ccccc21. The minimum Gasteiger partial charge on any atom is -0.495 e. The van der Waals surface area contributed by atoms with Gasteiger partial charge in [0.25, 0.3) is 0 Å². The van der Waals surface area contributed by atoms with E-state index in [1.54, 1.807) is 18.2 Å². The van der Waals surface area contributed by atoms with E-state index in [9.17, 15) is 4.79 Å². The van der Waals surface area contributed by atoms with Crippen molar-refractivity contribution in [2.24, 2.45) is 0 Å². The first kappa shape index (κ1) is 15.7. The monoisotopic (exact) mass is 323 g/mol. The minimum atomic E-state index is -0.356. The van der Waals surface area contributed by atoms with Gasteiger partial charge in [-0.15, -0.1) is 0 Å². The standard InChI is InChI=1S/C18H17N3O3/c1-23-17-7-6-12(11-19)10-15(17)21-18(22)20-14-8-9-24-16-5-3-2-4-13(14)16/h2-7,10,14H,8-9H2,1H3,(H2,20,21,22)/t14-/m1/s1. The first-order chi connectivity index (χ1) is 11.7. The summed E-state index contributed by atoms with van der Waals surface area (Å²) in [6, 6.07) is 14.1. The Labute approximate surface area is 140 Å². The van der Waals surface area contributed by atoms with Crippen LogP contribution in [-0.4, -0.2) is 19.7 Å². The van der Waals surface area contributed by atoms with Gasteiger partial charge >= 0.3 is 6.03 Å². The van der Waals surface area contributed by atoms with Gasteiger partial charge in [-0.25, -0.2) is 4.79 Å². The number of hydrogen-bond donors (Lipinski definition) is 2. The molecule has 2 amide bonds. The van der Waals surface area contributed by atoms with E-state index in [0.29, 0.717) is 30.0 Å². The highest BCUT2D eigenvalue weighted by Gasteiger charge is 2.23. The maximum absolute atomic E-state index is 12.4. The number of methoxy groups -OCH3 is 1. The van der Waals surface area contributed by atoms with Crippen molar-refractivity contribution in [1.82, 2.24) is 5.32 Å². The summed E-state index contributed by atoms with van der Waals surface area (Å²) in [5.74, 6) is 1.29. The van der Waals surface area contributed by atoms with Crippen molar-refractivity contribution >= 4 is 11.7 Å². The largest absolute Gasteiger partial charge is 0.495 e. The van der Waals surface area contributed by atoms with Crippen LogP contribution in [0, 0.1) is 11.3 Å². The summed E-state index contributed by atoms with van der Waals surface area (Å²) in [5, 5.41) is 14.7. The summed E-state index contributed by atoms with van der Waals surface area (Å²) in [6.45, 7) is 0.551. The fourth-order valence-electron chi connectivity index (χ4n) is 2.68. The van der Waals surface area contributed by atoms with Crippen LogP contribution in [-0.2, 0) is 0 Å². The lowest BCUT2D eigenvalue weighted by Crippen LogP contribution is -2.35. The fraction of sp³-hybridized carbons (Fsp3) is 0.222. The summed E-state index contributed by atoms with van der Waals surface area (Å²) in [7, 11) is 1.51. The number of carbonyl (C=O) groups is 1. The van der Waals surface area contributed by atoms with Crippen molar-refractivity contribution in [1.29, 1.82) is 5.26 Å². The van der Waals surface area contributed by atoms with E-state index < -0.39 is 0 Å². The van der Waals surface area contributed by atoms with Gasteiger partial charge in [-0.3, -0.25) is 0 Å². The number of rotatable bonds is 3. The molecule has 2 aromatic rings. The Kier molecular flexibility index (Phi) is 4.52. The van der Waals surface area contributed by atoms with Crippen LogP contribution in [0.15, 0.2) is 42.5 Å². The Bertz CT molecular complexity index is 798. The molecule has 0 radical (unpaired) electrons. The molecule has 0 fully saturated rings. The molecule has 0 aromatic heterocycles. The molecule has 1 aliphatic heterocycles. The van der Waals surface area contributed by atoms with E-state index in [0.717, 1.165) is 11.3 Å². The van der Waals surface area contributed by atoms with Crippen LogP contribution >= 0.6 is 0 Å². The Morgan fingerprint density at radius 3 is 2.96 bits per heavy atom. The van der Waals surface area contributed by atoms with Gasteiger partial charge in [0.2, 0.25) is 0 Å². The van der Waals surface area contributed by atoms with Crippen LogP contribution in [0.2, 0.25) is 0 Å². The van der Waals surface area contributed by atoms with Crippen molar-refractivity contribution in [2.75, 3.05) is 19.0 Å². The molecule has 0 bridgehead atoms. The highest BCUT2D eigenvalue weighted by atomic mass is 16.5. The Morgan fingerprint density at radius 2 is 2.17 bits per heavy atom. The van der Waals surface area contributed by atoms with Gasteiger partial charge in [-0.05, 0) is 24.3 Å². The molecule has 2 N–H and O–H groups in total. The predicted octanol–water partition coefficient (Wildman–Crippen LogP) is 3.21. The molecule has 24 heavy (non-hydrogen) atoms. The normalized spacial score (nSPS) is 15.4. The van der Waals surface area contributed by atoms with Gasteiger partial charge in [0.05, 0.1) is 37.1 Å². The second kappa shape index (κ2) is 6.92. The predicted molar refractivity (Wildman–Crippen MR) is 89.2 cm³/mol. The lowest BCUT2D eigenvalue weighted by atomic mass is 10.0. The molecule has 6 heteroatoms. The molecule has 3 rings (SSSR count). The summed E-state index contributed by atoms with van der Waals surface area (Å²) in [6.07, 6.45) is 0.694. The maximum atomic E-state index is 12.4. The molecule has 122 valence electrons. The van der Waals surface area contributed by atoms with Gasteiger partial charge in [0, 0.05) is 12.0 Å². The number of amides is 2. The van der Waals surface area contributed by atoms with E-state index in [-0.39, 0.29) is 12.1 Å². The van der Waals surface area contributed by atoms with Gasteiger partial charge in [0.1, 0.15) is 11.5 Å². The minimum absolute atomic E-state index is 0.125. The number of hydrogen-bond acceptors (Lipinski definition) is 4. The second-order valence-electron chi connectivity index (χ2n) is 5.35. The molecular formula is C18H17N3O3. The van der Waals surface area contributed by atoms with Crippen molar-refractivity contribution in [2.45, 2.75) is 12.5 Å². The summed E-state index contributed by atoms with van der Waals surface area (Å²) in [4.78, 5) is 12.4. The smallest absolute Gasteiger partial charge is 0.319 e. The third kappa shape index (κ3) is 3.25. The van der Waals surface area contributed by atoms with Crippen LogP contribution in [0.1, 0.15) is 23.6 Å². The van der Waals surface area contributed by atoms with Crippen LogP contribution < -0.4 is 20.1 Å². The van der Waals surface area contributed by atoms with Crippen LogP contribution in [0.4, 0.5) is 10.5 Å². The van der Waals surface area contributed by atoms with Gasteiger partial charge < -0.3 is 20.1 Å². The number of nitrogens with zero attached hydrogens (tertiary/aromatic N) is 1. The molecule has 0 saturated heterocycles. The number of carbonyl (C=O) groups excluding carboxylic acids is 1. The first-order valence-corrected chi connectivity index (χ1v) is 7.58. The average Bonchev–Trinajstić information content (AvgIpc) is 2.62. The number of nitrogens with one attached hydrogen (secondary N) is 2. The van der Waals surface area contributed by atoms with Crippen LogP contribution in [0.5, 0.6) is 11.5 Å².